The van der Waals surface area contributed by atoms with E-state index in [1.54, 1.807) is 6.07 Å². The summed E-state index contributed by atoms with van der Waals surface area (Å²) < 4.78 is 18.0. The maximum Gasteiger partial charge on any atom is 0.358 e. The van der Waals surface area contributed by atoms with Crippen molar-refractivity contribution >= 4 is 17.5 Å². The van der Waals surface area contributed by atoms with Crippen LogP contribution < -0.4 is 5.32 Å². The molecule has 20 heavy (non-hydrogen) atoms. The van der Waals surface area contributed by atoms with E-state index in [1.165, 1.54) is 37.7 Å². The van der Waals surface area contributed by atoms with Gasteiger partial charge in [0.15, 0.2) is 5.69 Å². The number of rotatable bonds is 3. The van der Waals surface area contributed by atoms with Gasteiger partial charge in [0.1, 0.15) is 23.3 Å². The molecule has 0 saturated carbocycles. The van der Waals surface area contributed by atoms with E-state index in [-0.39, 0.29) is 22.8 Å². The lowest BCUT2D eigenvalue weighted by atomic mass is 10.2. The lowest BCUT2D eigenvalue weighted by Crippen LogP contribution is -2.07. The Kier molecular flexibility index (Phi) is 3.86. The van der Waals surface area contributed by atoms with Crippen LogP contribution in [0.3, 0.4) is 0 Å². The van der Waals surface area contributed by atoms with Gasteiger partial charge >= 0.3 is 5.97 Å². The van der Waals surface area contributed by atoms with Crippen LogP contribution in [-0.4, -0.2) is 23.0 Å². The summed E-state index contributed by atoms with van der Waals surface area (Å²) in [7, 11) is 1.23. The molecule has 2 aromatic rings. The molecule has 2 rings (SSSR count). The Hall–Kier alpha value is -3.01. The molecule has 0 fully saturated rings. The number of benzene rings is 1. The number of anilines is 2. The van der Waals surface area contributed by atoms with Gasteiger partial charge in [0.25, 0.3) is 0 Å². The Labute approximate surface area is 113 Å². The number of halogens is 1. The zero-order chi connectivity index (χ0) is 14.5. The minimum absolute atomic E-state index is 0.00686. The molecule has 0 unspecified atom stereocenters. The fourth-order valence-corrected chi connectivity index (χ4v) is 1.51. The van der Waals surface area contributed by atoms with Crippen LogP contribution in [0, 0.1) is 17.1 Å². The minimum atomic E-state index is -0.644. The normalized spacial score (nSPS) is 9.65. The van der Waals surface area contributed by atoms with E-state index in [1.807, 2.05) is 0 Å². The molecule has 1 aromatic heterocycles. The van der Waals surface area contributed by atoms with E-state index >= 15 is 0 Å². The van der Waals surface area contributed by atoms with E-state index in [0.29, 0.717) is 0 Å². The van der Waals surface area contributed by atoms with Crippen molar-refractivity contribution in [1.29, 1.82) is 5.26 Å². The van der Waals surface area contributed by atoms with Gasteiger partial charge in [-0.2, -0.15) is 5.26 Å². The molecule has 7 heteroatoms. The van der Waals surface area contributed by atoms with Crippen LogP contribution in [0.4, 0.5) is 15.9 Å². The van der Waals surface area contributed by atoms with Gasteiger partial charge in [-0.25, -0.2) is 14.2 Å². The highest BCUT2D eigenvalue weighted by molar-refractivity contribution is 5.87. The standard InChI is InChI=1S/C13H9FN4O2/c1-20-13(19)11-6-16-7-12(18-11)17-10-4-2-3-9(14)8(10)5-15/h2-4,6-7H,1H3,(H,17,18). The molecule has 0 amide bonds. The monoisotopic (exact) mass is 272 g/mol. The Morgan fingerprint density at radius 1 is 1.45 bits per heavy atom. The molecule has 0 aliphatic carbocycles. The molecule has 1 heterocycles. The molecule has 0 spiro atoms. The van der Waals surface area contributed by atoms with E-state index in [0.717, 1.165) is 0 Å². The summed E-state index contributed by atoms with van der Waals surface area (Å²) in [6, 6.07) is 5.91. The van der Waals surface area contributed by atoms with Crippen molar-refractivity contribution < 1.29 is 13.9 Å². The maximum atomic E-state index is 13.4. The first-order valence-electron chi connectivity index (χ1n) is 5.51. The molecular formula is C13H9FN4O2. The van der Waals surface area contributed by atoms with Gasteiger partial charge in [-0.15, -0.1) is 0 Å². The van der Waals surface area contributed by atoms with Crippen LogP contribution in [0.5, 0.6) is 0 Å². The van der Waals surface area contributed by atoms with Gasteiger partial charge in [0.2, 0.25) is 0 Å². The summed E-state index contributed by atoms with van der Waals surface area (Å²) in [6.07, 6.45) is 2.59. The maximum absolute atomic E-state index is 13.4. The highest BCUT2D eigenvalue weighted by Crippen LogP contribution is 2.21. The average Bonchev–Trinajstić information content (AvgIpc) is 2.47. The fourth-order valence-electron chi connectivity index (χ4n) is 1.51. The summed E-state index contributed by atoms with van der Waals surface area (Å²) in [4.78, 5) is 19.1. The molecule has 0 saturated heterocycles. The first-order valence-corrected chi connectivity index (χ1v) is 5.51. The molecule has 0 radical (unpaired) electrons. The van der Waals surface area contributed by atoms with Crippen molar-refractivity contribution in [1.82, 2.24) is 9.97 Å². The third kappa shape index (κ3) is 2.70. The fraction of sp³-hybridized carbons (Fsp3) is 0.0769. The van der Waals surface area contributed by atoms with Crippen LogP contribution in [0.2, 0.25) is 0 Å². The highest BCUT2D eigenvalue weighted by atomic mass is 19.1. The van der Waals surface area contributed by atoms with E-state index < -0.39 is 11.8 Å². The van der Waals surface area contributed by atoms with Gasteiger partial charge in [0, 0.05) is 0 Å². The Morgan fingerprint density at radius 2 is 2.25 bits per heavy atom. The second-order valence-corrected chi connectivity index (χ2v) is 3.68. The zero-order valence-electron chi connectivity index (χ0n) is 10.4. The summed E-state index contributed by atoms with van der Waals surface area (Å²) in [5.74, 6) is -1.08. The first-order chi connectivity index (χ1) is 9.65. The van der Waals surface area contributed by atoms with Gasteiger partial charge in [-0.1, -0.05) is 6.07 Å². The van der Waals surface area contributed by atoms with Crippen LogP contribution in [0.25, 0.3) is 0 Å². The van der Waals surface area contributed by atoms with Crippen molar-refractivity contribution in [3.05, 3.63) is 47.7 Å². The summed E-state index contributed by atoms with van der Waals surface area (Å²) >= 11 is 0. The van der Waals surface area contributed by atoms with E-state index in [4.69, 9.17) is 5.26 Å². The number of nitrogens with zero attached hydrogens (tertiary/aromatic N) is 3. The smallest absolute Gasteiger partial charge is 0.358 e. The number of esters is 1. The predicted molar refractivity (Wildman–Crippen MR) is 67.8 cm³/mol. The SMILES string of the molecule is COC(=O)c1cncc(Nc2cccc(F)c2C#N)n1. The topological polar surface area (TPSA) is 87.9 Å². The number of carbonyl (C=O) groups excluding carboxylic acids is 1. The number of hydrogen-bond donors (Lipinski definition) is 1. The molecule has 1 N–H and O–H groups in total. The number of carbonyl (C=O) groups is 1. The molecule has 0 bridgehead atoms. The highest BCUT2D eigenvalue weighted by Gasteiger charge is 2.11. The molecule has 100 valence electrons. The number of nitrogens with one attached hydrogen (secondary N) is 1. The second kappa shape index (κ2) is 5.75. The second-order valence-electron chi connectivity index (χ2n) is 3.68. The molecule has 0 aliphatic heterocycles. The largest absolute Gasteiger partial charge is 0.464 e. The number of aromatic nitrogens is 2. The van der Waals surface area contributed by atoms with Gasteiger partial charge in [-0.3, -0.25) is 4.98 Å². The van der Waals surface area contributed by atoms with Crippen molar-refractivity contribution in [2.45, 2.75) is 0 Å². The Bertz CT molecular complexity index is 697. The summed E-state index contributed by atoms with van der Waals surface area (Å²) in [5.41, 5.74) is 0.106. The summed E-state index contributed by atoms with van der Waals surface area (Å²) in [6.45, 7) is 0. The number of nitriles is 1. The number of methoxy groups -OCH3 is 1. The van der Waals surface area contributed by atoms with E-state index in [9.17, 15) is 9.18 Å². The van der Waals surface area contributed by atoms with Crippen LogP contribution in [0.15, 0.2) is 30.6 Å². The van der Waals surface area contributed by atoms with Gasteiger partial charge in [0.05, 0.1) is 25.2 Å². The van der Waals surface area contributed by atoms with Crippen molar-refractivity contribution in [2.75, 3.05) is 12.4 Å². The zero-order valence-corrected chi connectivity index (χ0v) is 10.4. The average molecular weight is 272 g/mol. The third-order valence-corrected chi connectivity index (χ3v) is 2.42. The van der Waals surface area contributed by atoms with Crippen molar-refractivity contribution in [3.63, 3.8) is 0 Å². The van der Waals surface area contributed by atoms with Crippen molar-refractivity contribution in [2.24, 2.45) is 0 Å². The van der Waals surface area contributed by atoms with Crippen LogP contribution in [0.1, 0.15) is 16.1 Å². The van der Waals surface area contributed by atoms with Crippen LogP contribution in [-0.2, 0) is 4.74 Å². The molecular weight excluding hydrogens is 263 g/mol. The lowest BCUT2D eigenvalue weighted by Gasteiger charge is -2.08. The first kappa shape index (κ1) is 13.4. The predicted octanol–water partition coefficient (Wildman–Crippen LogP) is 2.02. The molecule has 1 aromatic carbocycles. The van der Waals surface area contributed by atoms with Crippen LogP contribution >= 0.6 is 0 Å². The minimum Gasteiger partial charge on any atom is -0.464 e. The third-order valence-electron chi connectivity index (χ3n) is 2.42. The van der Waals surface area contributed by atoms with Crippen molar-refractivity contribution in [3.8, 4) is 6.07 Å². The molecule has 0 atom stereocenters. The van der Waals surface area contributed by atoms with Gasteiger partial charge in [-0.05, 0) is 12.1 Å². The number of hydrogen-bond acceptors (Lipinski definition) is 6. The summed E-state index contributed by atoms with van der Waals surface area (Å²) in [5, 5.41) is 11.7. The van der Waals surface area contributed by atoms with Gasteiger partial charge < -0.3 is 10.1 Å². The molecule has 0 aliphatic rings. The lowest BCUT2D eigenvalue weighted by molar-refractivity contribution is 0.0593. The number of ether oxygens (including phenoxy) is 1. The Morgan fingerprint density at radius 3 is 2.95 bits per heavy atom. The molecule has 6 nitrogen and oxygen atoms in total. The van der Waals surface area contributed by atoms with E-state index in [2.05, 4.69) is 20.0 Å². The quantitative estimate of drug-likeness (QED) is 0.860. The Balaban J connectivity index is 2.34.